The highest BCUT2D eigenvalue weighted by molar-refractivity contribution is 14.1. The van der Waals surface area contributed by atoms with Gasteiger partial charge in [-0.2, -0.15) is 0 Å². The van der Waals surface area contributed by atoms with E-state index in [2.05, 4.69) is 0 Å². The summed E-state index contributed by atoms with van der Waals surface area (Å²) < 4.78 is 4.99. The van der Waals surface area contributed by atoms with Gasteiger partial charge in [-0.05, 0) is 19.1 Å². The van der Waals surface area contributed by atoms with Crippen molar-refractivity contribution in [2.45, 2.75) is 13.0 Å². The number of hydrogen-bond donors (Lipinski definition) is 2. The molecule has 0 radical (unpaired) electrons. The SMILES string of the molecule is CC(Oc1ccc(O)cc1O)C(=O)I. The molecule has 0 spiro atoms. The number of benzene rings is 1. The Labute approximate surface area is 94.7 Å². The number of carbonyl (C=O) groups excluding carboxylic acids is 1. The first-order valence-corrected chi connectivity index (χ1v) is 4.96. The van der Waals surface area contributed by atoms with Gasteiger partial charge in [0, 0.05) is 28.7 Å². The minimum Gasteiger partial charge on any atom is -0.508 e. The molecule has 76 valence electrons. The van der Waals surface area contributed by atoms with Crippen molar-refractivity contribution in [1.29, 1.82) is 0 Å². The third-order valence-corrected chi connectivity index (χ3v) is 2.44. The zero-order valence-corrected chi connectivity index (χ0v) is 9.56. The summed E-state index contributed by atoms with van der Waals surface area (Å²) in [6.45, 7) is 1.58. The number of ether oxygens (including phenoxy) is 1. The van der Waals surface area contributed by atoms with Crippen molar-refractivity contribution in [3.05, 3.63) is 18.2 Å². The summed E-state index contributed by atoms with van der Waals surface area (Å²) in [6, 6.07) is 3.93. The predicted octanol–water partition coefficient (Wildman–Crippen LogP) is 1.83. The third kappa shape index (κ3) is 2.76. The molecular weight excluding hydrogens is 299 g/mol. The van der Waals surface area contributed by atoms with Gasteiger partial charge in [0.15, 0.2) is 17.6 Å². The normalized spacial score (nSPS) is 12.1. The van der Waals surface area contributed by atoms with Gasteiger partial charge < -0.3 is 14.9 Å². The number of halogens is 1. The molecule has 1 aromatic rings. The van der Waals surface area contributed by atoms with E-state index in [1.807, 2.05) is 0 Å². The second-order valence-electron chi connectivity index (χ2n) is 2.72. The number of rotatable bonds is 3. The summed E-state index contributed by atoms with van der Waals surface area (Å²) in [5, 5.41) is 18.3. The molecule has 5 heteroatoms. The second kappa shape index (κ2) is 4.50. The molecule has 0 saturated carbocycles. The molecule has 0 aliphatic heterocycles. The average Bonchev–Trinajstić information content (AvgIpc) is 2.09. The van der Waals surface area contributed by atoms with Crippen LogP contribution in [0.2, 0.25) is 0 Å². The van der Waals surface area contributed by atoms with Crippen LogP contribution in [0.3, 0.4) is 0 Å². The van der Waals surface area contributed by atoms with Gasteiger partial charge in [-0.25, -0.2) is 0 Å². The van der Waals surface area contributed by atoms with Crippen molar-refractivity contribution in [3.63, 3.8) is 0 Å². The van der Waals surface area contributed by atoms with Crippen LogP contribution >= 0.6 is 22.6 Å². The Bertz CT molecular complexity index is 351. The van der Waals surface area contributed by atoms with Gasteiger partial charge in [0.05, 0.1) is 0 Å². The van der Waals surface area contributed by atoms with Crippen molar-refractivity contribution in [2.24, 2.45) is 0 Å². The van der Waals surface area contributed by atoms with Crippen LogP contribution in [0.4, 0.5) is 0 Å². The van der Waals surface area contributed by atoms with Crippen molar-refractivity contribution in [2.75, 3.05) is 0 Å². The summed E-state index contributed by atoms with van der Waals surface area (Å²) in [5.74, 6) is -0.0573. The monoisotopic (exact) mass is 308 g/mol. The van der Waals surface area contributed by atoms with Gasteiger partial charge in [-0.1, -0.05) is 0 Å². The van der Waals surface area contributed by atoms with Crippen LogP contribution in [0.1, 0.15) is 6.92 Å². The van der Waals surface area contributed by atoms with E-state index >= 15 is 0 Å². The lowest BCUT2D eigenvalue weighted by Gasteiger charge is -2.11. The van der Waals surface area contributed by atoms with Crippen LogP contribution in [0.5, 0.6) is 17.2 Å². The second-order valence-corrected chi connectivity index (χ2v) is 3.78. The van der Waals surface area contributed by atoms with Crippen LogP contribution in [0.25, 0.3) is 0 Å². The molecule has 0 saturated heterocycles. The molecular formula is C9H9IO4. The lowest BCUT2D eigenvalue weighted by atomic mass is 10.3. The Hall–Kier alpha value is -0.980. The van der Waals surface area contributed by atoms with E-state index in [0.29, 0.717) is 0 Å². The van der Waals surface area contributed by atoms with Gasteiger partial charge in [0.25, 0.3) is 0 Å². The van der Waals surface area contributed by atoms with E-state index in [4.69, 9.17) is 9.84 Å². The fourth-order valence-electron chi connectivity index (χ4n) is 0.842. The zero-order valence-electron chi connectivity index (χ0n) is 7.40. The van der Waals surface area contributed by atoms with E-state index in [-0.39, 0.29) is 21.0 Å². The van der Waals surface area contributed by atoms with Crippen molar-refractivity contribution in [1.82, 2.24) is 0 Å². The quantitative estimate of drug-likeness (QED) is 0.660. The topological polar surface area (TPSA) is 66.8 Å². The lowest BCUT2D eigenvalue weighted by Crippen LogP contribution is -2.18. The van der Waals surface area contributed by atoms with Crippen molar-refractivity contribution >= 4 is 26.4 Å². The molecule has 0 amide bonds. The van der Waals surface area contributed by atoms with E-state index in [1.165, 1.54) is 12.1 Å². The molecule has 0 aromatic heterocycles. The van der Waals surface area contributed by atoms with Crippen LogP contribution in [-0.2, 0) is 4.79 Å². The highest BCUT2D eigenvalue weighted by atomic mass is 127. The van der Waals surface area contributed by atoms with E-state index < -0.39 is 6.10 Å². The maximum Gasteiger partial charge on any atom is 0.232 e. The fraction of sp³-hybridized carbons (Fsp3) is 0.222. The van der Waals surface area contributed by atoms with Crippen molar-refractivity contribution < 1.29 is 19.7 Å². The molecule has 1 atom stereocenters. The maximum atomic E-state index is 10.9. The smallest absolute Gasteiger partial charge is 0.232 e. The summed E-state index contributed by atoms with van der Waals surface area (Å²) >= 11 is 1.62. The van der Waals surface area contributed by atoms with Gasteiger partial charge in [0.2, 0.25) is 3.79 Å². The Kier molecular flexibility index (Phi) is 3.56. The van der Waals surface area contributed by atoms with E-state index in [1.54, 1.807) is 29.5 Å². The molecule has 0 aliphatic rings. The number of phenols is 2. The largest absolute Gasteiger partial charge is 0.508 e. The molecule has 4 nitrogen and oxygen atoms in total. The standard InChI is InChI=1S/C9H9IO4/c1-5(9(10)13)14-8-3-2-6(11)4-7(8)12/h2-5,11-12H,1H3. The zero-order chi connectivity index (χ0) is 10.7. The van der Waals surface area contributed by atoms with Crippen LogP contribution in [0, 0.1) is 0 Å². The summed E-state index contributed by atoms with van der Waals surface area (Å²) in [5.41, 5.74) is 0. The van der Waals surface area contributed by atoms with Crippen LogP contribution in [0.15, 0.2) is 18.2 Å². The van der Waals surface area contributed by atoms with Gasteiger partial charge in [-0.3, -0.25) is 4.79 Å². The average molecular weight is 308 g/mol. The minimum absolute atomic E-state index is 0.0525. The number of aromatic hydroxyl groups is 2. The first kappa shape index (κ1) is 11.1. The molecule has 1 aromatic carbocycles. The maximum absolute atomic E-state index is 10.9. The first-order valence-electron chi connectivity index (χ1n) is 3.88. The van der Waals surface area contributed by atoms with Crippen molar-refractivity contribution in [3.8, 4) is 17.2 Å². The van der Waals surface area contributed by atoms with Gasteiger partial charge in [0.1, 0.15) is 5.75 Å². The fourth-order valence-corrected chi connectivity index (χ4v) is 0.969. The molecule has 0 bridgehead atoms. The number of phenolic OH excluding ortho intramolecular Hbond substituents is 2. The van der Waals surface area contributed by atoms with E-state index in [0.717, 1.165) is 6.07 Å². The summed E-state index contributed by atoms with van der Waals surface area (Å²) in [6.07, 6.45) is -0.619. The van der Waals surface area contributed by atoms with E-state index in [9.17, 15) is 9.90 Å². The number of hydrogen-bond acceptors (Lipinski definition) is 4. The highest BCUT2D eigenvalue weighted by Gasteiger charge is 2.13. The van der Waals surface area contributed by atoms with Gasteiger partial charge in [-0.15, -0.1) is 0 Å². The molecule has 0 aliphatic carbocycles. The Morgan fingerprint density at radius 2 is 2.14 bits per heavy atom. The molecule has 2 N–H and O–H groups in total. The molecule has 14 heavy (non-hydrogen) atoms. The lowest BCUT2D eigenvalue weighted by molar-refractivity contribution is -0.114. The predicted molar refractivity (Wildman–Crippen MR) is 58.9 cm³/mol. The Morgan fingerprint density at radius 1 is 1.50 bits per heavy atom. The third-order valence-electron chi connectivity index (χ3n) is 1.57. The highest BCUT2D eigenvalue weighted by Crippen LogP contribution is 2.30. The molecule has 1 rings (SSSR count). The Balaban J connectivity index is 2.82. The van der Waals surface area contributed by atoms with Gasteiger partial charge >= 0.3 is 0 Å². The molecule has 0 heterocycles. The summed E-state index contributed by atoms with van der Waals surface area (Å²) in [7, 11) is 0. The summed E-state index contributed by atoms with van der Waals surface area (Å²) in [4.78, 5) is 10.9. The first-order chi connectivity index (χ1) is 6.50. The van der Waals surface area contributed by atoms with Crippen LogP contribution in [-0.4, -0.2) is 20.1 Å². The molecule has 1 unspecified atom stereocenters. The number of carbonyl (C=O) groups is 1. The Morgan fingerprint density at radius 3 is 2.64 bits per heavy atom. The molecule has 0 fully saturated rings. The minimum atomic E-state index is -0.619. The van der Waals surface area contributed by atoms with Crippen LogP contribution < -0.4 is 4.74 Å².